The van der Waals surface area contributed by atoms with Gasteiger partial charge in [0.25, 0.3) is 5.56 Å². The molecule has 2 aromatic rings. The Morgan fingerprint density at radius 1 is 1.45 bits per heavy atom. The summed E-state index contributed by atoms with van der Waals surface area (Å²) in [6, 6.07) is 7.81. The predicted octanol–water partition coefficient (Wildman–Crippen LogP) is 1.22. The number of benzene rings is 1. The molecule has 0 aliphatic heterocycles. The van der Waals surface area contributed by atoms with Crippen molar-refractivity contribution in [2.45, 2.75) is 6.92 Å². The molecule has 1 aromatic carbocycles. The third-order valence-electron chi connectivity index (χ3n) is 2.44. The van der Waals surface area contributed by atoms with E-state index in [1.807, 2.05) is 0 Å². The van der Waals surface area contributed by atoms with Gasteiger partial charge in [-0.2, -0.15) is 5.10 Å². The SMILES string of the molecule is Cc1cc(=O)[nH]c(N/N=C/c2ccccc2C(=O)O)n1. The number of hydrogen-bond donors (Lipinski definition) is 3. The van der Waals surface area contributed by atoms with Crippen LogP contribution in [0.1, 0.15) is 21.6 Å². The molecule has 0 aliphatic rings. The van der Waals surface area contributed by atoms with Crippen molar-refractivity contribution in [2.24, 2.45) is 5.10 Å². The van der Waals surface area contributed by atoms with Crippen LogP contribution in [-0.4, -0.2) is 27.3 Å². The van der Waals surface area contributed by atoms with Gasteiger partial charge in [-0.05, 0) is 13.0 Å². The lowest BCUT2D eigenvalue weighted by Gasteiger charge is -2.01. The van der Waals surface area contributed by atoms with E-state index < -0.39 is 5.97 Å². The van der Waals surface area contributed by atoms with Crippen LogP contribution in [-0.2, 0) is 0 Å². The van der Waals surface area contributed by atoms with Crippen LogP contribution in [0.3, 0.4) is 0 Å². The Kier molecular flexibility index (Phi) is 3.90. The van der Waals surface area contributed by atoms with Crippen LogP contribution in [0.15, 0.2) is 40.2 Å². The first kappa shape index (κ1) is 13.5. The van der Waals surface area contributed by atoms with Crippen LogP contribution in [0, 0.1) is 6.92 Å². The lowest BCUT2D eigenvalue weighted by molar-refractivity contribution is 0.0697. The van der Waals surface area contributed by atoms with Crippen LogP contribution >= 0.6 is 0 Å². The first-order valence-electron chi connectivity index (χ1n) is 5.75. The number of anilines is 1. The van der Waals surface area contributed by atoms with Gasteiger partial charge >= 0.3 is 5.97 Å². The zero-order valence-corrected chi connectivity index (χ0v) is 10.6. The van der Waals surface area contributed by atoms with E-state index in [1.54, 1.807) is 25.1 Å². The van der Waals surface area contributed by atoms with Crippen molar-refractivity contribution < 1.29 is 9.90 Å². The molecule has 1 heterocycles. The topological polar surface area (TPSA) is 107 Å². The lowest BCUT2D eigenvalue weighted by atomic mass is 10.1. The molecule has 0 saturated heterocycles. The number of rotatable bonds is 4. The molecule has 7 heteroatoms. The Morgan fingerprint density at radius 2 is 2.20 bits per heavy atom. The quantitative estimate of drug-likeness (QED) is 0.573. The van der Waals surface area contributed by atoms with E-state index in [4.69, 9.17) is 5.11 Å². The van der Waals surface area contributed by atoms with Crippen molar-refractivity contribution in [3.8, 4) is 0 Å². The van der Waals surface area contributed by atoms with Gasteiger partial charge in [-0.15, -0.1) is 0 Å². The van der Waals surface area contributed by atoms with Crippen LogP contribution in [0.5, 0.6) is 0 Å². The number of carboxylic acids is 1. The maximum absolute atomic E-state index is 11.2. The monoisotopic (exact) mass is 272 g/mol. The van der Waals surface area contributed by atoms with E-state index in [0.29, 0.717) is 11.3 Å². The zero-order valence-electron chi connectivity index (χ0n) is 10.6. The minimum atomic E-state index is -1.03. The van der Waals surface area contributed by atoms with E-state index in [0.717, 1.165) is 0 Å². The maximum Gasteiger partial charge on any atom is 0.336 e. The molecule has 0 fully saturated rings. The summed E-state index contributed by atoms with van der Waals surface area (Å²) in [6.07, 6.45) is 1.35. The Labute approximate surface area is 114 Å². The Balaban J connectivity index is 2.18. The van der Waals surface area contributed by atoms with Gasteiger partial charge in [0.1, 0.15) is 0 Å². The van der Waals surface area contributed by atoms with Crippen molar-refractivity contribution in [2.75, 3.05) is 5.43 Å². The van der Waals surface area contributed by atoms with E-state index in [9.17, 15) is 9.59 Å². The molecule has 3 N–H and O–H groups in total. The van der Waals surface area contributed by atoms with Gasteiger partial charge in [0.15, 0.2) is 0 Å². The van der Waals surface area contributed by atoms with E-state index >= 15 is 0 Å². The summed E-state index contributed by atoms with van der Waals surface area (Å²) in [4.78, 5) is 28.7. The molecule has 20 heavy (non-hydrogen) atoms. The number of nitrogens with zero attached hydrogens (tertiary/aromatic N) is 2. The Hall–Kier alpha value is -2.96. The van der Waals surface area contributed by atoms with Gasteiger partial charge in [-0.25, -0.2) is 15.2 Å². The molecule has 0 atom stereocenters. The number of nitrogens with one attached hydrogen (secondary N) is 2. The molecular weight excluding hydrogens is 260 g/mol. The summed E-state index contributed by atoms with van der Waals surface area (Å²) in [5.41, 5.74) is 3.40. The third kappa shape index (κ3) is 3.29. The number of H-pyrrole nitrogens is 1. The van der Waals surface area contributed by atoms with Gasteiger partial charge in [-0.3, -0.25) is 9.78 Å². The summed E-state index contributed by atoms with van der Waals surface area (Å²) in [5, 5.41) is 12.9. The highest BCUT2D eigenvalue weighted by Crippen LogP contribution is 2.06. The van der Waals surface area contributed by atoms with Gasteiger partial charge in [0.05, 0.1) is 11.8 Å². The standard InChI is InChI=1S/C13H12N4O3/c1-8-6-11(18)16-13(15-8)17-14-7-9-4-2-3-5-10(9)12(19)20/h2-7H,1H3,(H,19,20)(H2,15,16,17,18)/b14-7+. The molecule has 102 valence electrons. The molecule has 7 nitrogen and oxygen atoms in total. The highest BCUT2D eigenvalue weighted by Gasteiger charge is 2.06. The Morgan fingerprint density at radius 3 is 2.90 bits per heavy atom. The summed E-state index contributed by atoms with van der Waals surface area (Å²) in [5.74, 6) is -0.840. The normalized spacial score (nSPS) is 10.7. The molecule has 0 amide bonds. The average Bonchev–Trinajstić information content (AvgIpc) is 2.38. The van der Waals surface area contributed by atoms with E-state index in [2.05, 4.69) is 20.5 Å². The molecule has 0 bridgehead atoms. The molecule has 2 rings (SSSR count). The largest absolute Gasteiger partial charge is 0.478 e. The fourth-order valence-electron chi connectivity index (χ4n) is 1.60. The molecule has 0 radical (unpaired) electrons. The second kappa shape index (κ2) is 5.79. The molecule has 0 saturated carbocycles. The van der Waals surface area contributed by atoms with Crippen LogP contribution in [0.25, 0.3) is 0 Å². The van der Waals surface area contributed by atoms with Gasteiger partial charge in [0.2, 0.25) is 5.95 Å². The summed E-state index contributed by atoms with van der Waals surface area (Å²) < 4.78 is 0. The van der Waals surface area contributed by atoms with Crippen LogP contribution in [0.4, 0.5) is 5.95 Å². The fourth-order valence-corrected chi connectivity index (χ4v) is 1.60. The number of hydrogen-bond acceptors (Lipinski definition) is 5. The van der Waals surface area contributed by atoms with Crippen molar-refractivity contribution in [1.82, 2.24) is 9.97 Å². The molecule has 1 aromatic heterocycles. The van der Waals surface area contributed by atoms with Crippen molar-refractivity contribution in [3.63, 3.8) is 0 Å². The Bertz CT molecular complexity index is 722. The number of aromatic carboxylic acids is 1. The number of aromatic nitrogens is 2. The second-order valence-electron chi connectivity index (χ2n) is 4.00. The number of hydrazone groups is 1. The number of carboxylic acid groups (broad SMARTS) is 1. The molecule has 0 spiro atoms. The van der Waals surface area contributed by atoms with Crippen molar-refractivity contribution >= 4 is 18.1 Å². The lowest BCUT2D eigenvalue weighted by Crippen LogP contribution is -2.10. The first-order chi connectivity index (χ1) is 9.56. The van der Waals surface area contributed by atoms with Gasteiger partial charge in [0, 0.05) is 17.3 Å². The third-order valence-corrected chi connectivity index (χ3v) is 2.44. The van der Waals surface area contributed by atoms with E-state index in [-0.39, 0.29) is 17.1 Å². The van der Waals surface area contributed by atoms with Crippen LogP contribution in [0.2, 0.25) is 0 Å². The predicted molar refractivity (Wildman–Crippen MR) is 74.2 cm³/mol. The molecule has 0 aliphatic carbocycles. The van der Waals surface area contributed by atoms with Crippen molar-refractivity contribution in [3.05, 3.63) is 57.5 Å². The smallest absolute Gasteiger partial charge is 0.336 e. The number of aromatic amines is 1. The number of aryl methyl sites for hydroxylation is 1. The van der Waals surface area contributed by atoms with Gasteiger partial charge in [-0.1, -0.05) is 18.2 Å². The highest BCUT2D eigenvalue weighted by atomic mass is 16.4. The molecular formula is C13H12N4O3. The van der Waals surface area contributed by atoms with Crippen molar-refractivity contribution in [1.29, 1.82) is 0 Å². The average molecular weight is 272 g/mol. The summed E-state index contributed by atoms with van der Waals surface area (Å²) >= 11 is 0. The fraction of sp³-hybridized carbons (Fsp3) is 0.0769. The summed E-state index contributed by atoms with van der Waals surface area (Å²) in [6.45, 7) is 1.68. The maximum atomic E-state index is 11.2. The molecule has 0 unspecified atom stereocenters. The zero-order chi connectivity index (χ0) is 14.5. The summed E-state index contributed by atoms with van der Waals surface area (Å²) in [7, 11) is 0. The minimum absolute atomic E-state index is 0.142. The highest BCUT2D eigenvalue weighted by molar-refractivity contribution is 5.98. The van der Waals surface area contributed by atoms with Crippen LogP contribution < -0.4 is 11.0 Å². The number of carbonyl (C=O) groups is 1. The first-order valence-corrected chi connectivity index (χ1v) is 5.75. The minimum Gasteiger partial charge on any atom is -0.478 e. The second-order valence-corrected chi connectivity index (χ2v) is 4.00. The van der Waals surface area contributed by atoms with E-state index in [1.165, 1.54) is 18.3 Å². The van der Waals surface area contributed by atoms with Gasteiger partial charge < -0.3 is 5.11 Å².